The van der Waals surface area contributed by atoms with Gasteiger partial charge in [0, 0.05) is 12.0 Å². The van der Waals surface area contributed by atoms with Gasteiger partial charge in [0.25, 0.3) is 11.8 Å². The first kappa shape index (κ1) is 24.2. The van der Waals surface area contributed by atoms with Gasteiger partial charge in [-0.1, -0.05) is 66.7 Å². The Hall–Kier alpha value is -4.48. The Balaban J connectivity index is 1.81. The molecule has 0 unspecified atom stereocenters. The number of hydrogen-bond donors (Lipinski definition) is 4. The SMILES string of the molecule is N#Cc1ccccc1C[C@H](NC(=O)[C@H](O)[C@@H](NC(=O)c1ccccc1)c1ccccc1)C(N)=O. The number of primary amides is 1. The largest absolute Gasteiger partial charge is 0.381 e. The molecule has 8 heteroatoms. The van der Waals surface area contributed by atoms with E-state index in [1.807, 2.05) is 6.07 Å². The van der Waals surface area contributed by atoms with E-state index in [1.165, 1.54) is 0 Å². The fourth-order valence-electron chi connectivity index (χ4n) is 3.48. The fraction of sp³-hybridized carbons (Fsp3) is 0.154. The van der Waals surface area contributed by atoms with E-state index in [0.717, 1.165) is 0 Å². The summed E-state index contributed by atoms with van der Waals surface area (Å²) in [6.07, 6.45) is -1.74. The van der Waals surface area contributed by atoms with Crippen LogP contribution < -0.4 is 16.4 Å². The van der Waals surface area contributed by atoms with Gasteiger partial charge in [-0.25, -0.2) is 0 Å². The molecular formula is C26H24N4O4. The van der Waals surface area contributed by atoms with E-state index in [-0.39, 0.29) is 6.42 Å². The molecule has 0 aromatic heterocycles. The second-order valence-corrected chi connectivity index (χ2v) is 7.61. The van der Waals surface area contributed by atoms with Crippen LogP contribution in [-0.2, 0) is 16.0 Å². The second kappa shape index (κ2) is 11.4. The number of hydrogen-bond acceptors (Lipinski definition) is 5. The van der Waals surface area contributed by atoms with Crippen molar-refractivity contribution in [1.82, 2.24) is 10.6 Å². The van der Waals surface area contributed by atoms with Crippen LogP contribution in [0.25, 0.3) is 0 Å². The van der Waals surface area contributed by atoms with Crippen molar-refractivity contribution in [3.8, 4) is 6.07 Å². The summed E-state index contributed by atoms with van der Waals surface area (Å²) in [6, 6.07) is 23.3. The Morgan fingerprint density at radius 1 is 0.882 bits per heavy atom. The number of amides is 3. The maximum absolute atomic E-state index is 13.0. The number of carbonyl (C=O) groups excluding carboxylic acids is 3. The maximum Gasteiger partial charge on any atom is 0.252 e. The lowest BCUT2D eigenvalue weighted by molar-refractivity contribution is -0.134. The van der Waals surface area contributed by atoms with E-state index in [0.29, 0.717) is 22.3 Å². The van der Waals surface area contributed by atoms with Crippen LogP contribution in [0.15, 0.2) is 84.9 Å². The van der Waals surface area contributed by atoms with Crippen LogP contribution in [0.1, 0.15) is 33.1 Å². The Labute approximate surface area is 197 Å². The van der Waals surface area contributed by atoms with Gasteiger partial charge in [-0.05, 0) is 29.3 Å². The third-order valence-electron chi connectivity index (χ3n) is 5.29. The number of nitrogens with two attached hydrogens (primary N) is 1. The number of benzene rings is 3. The summed E-state index contributed by atoms with van der Waals surface area (Å²) >= 11 is 0. The molecule has 34 heavy (non-hydrogen) atoms. The third-order valence-corrected chi connectivity index (χ3v) is 5.29. The van der Waals surface area contributed by atoms with Gasteiger partial charge in [-0.15, -0.1) is 0 Å². The number of nitriles is 1. The standard InChI is InChI=1S/C26H24N4O4/c27-16-20-14-8-7-13-19(20)15-21(24(28)32)29-26(34)23(31)22(17-9-3-1-4-10-17)30-25(33)18-11-5-2-6-12-18/h1-14,21-23,31H,15H2,(H2,28,32)(H,29,34)(H,30,33)/t21-,22-,23+/m0/s1. The number of aliphatic hydroxyl groups is 1. The van der Waals surface area contributed by atoms with Gasteiger partial charge in [-0.2, -0.15) is 5.26 Å². The summed E-state index contributed by atoms with van der Waals surface area (Å²) < 4.78 is 0. The van der Waals surface area contributed by atoms with Crippen molar-refractivity contribution in [3.05, 3.63) is 107 Å². The van der Waals surface area contributed by atoms with E-state index in [2.05, 4.69) is 10.6 Å². The Morgan fingerprint density at radius 2 is 1.47 bits per heavy atom. The molecule has 0 heterocycles. The minimum absolute atomic E-state index is 0.0239. The predicted molar refractivity (Wildman–Crippen MR) is 125 cm³/mol. The first-order chi connectivity index (χ1) is 16.4. The molecule has 3 rings (SSSR count). The van der Waals surface area contributed by atoms with Gasteiger partial charge in [-0.3, -0.25) is 14.4 Å². The minimum atomic E-state index is -1.72. The van der Waals surface area contributed by atoms with Gasteiger partial charge in [0.2, 0.25) is 5.91 Å². The number of aliphatic hydroxyl groups excluding tert-OH is 1. The molecular weight excluding hydrogens is 432 g/mol. The highest BCUT2D eigenvalue weighted by Crippen LogP contribution is 2.19. The highest BCUT2D eigenvalue weighted by molar-refractivity contribution is 5.95. The zero-order chi connectivity index (χ0) is 24.5. The Bertz CT molecular complexity index is 1190. The predicted octanol–water partition coefficient (Wildman–Crippen LogP) is 1.60. The van der Waals surface area contributed by atoms with Gasteiger partial charge < -0.3 is 21.5 Å². The molecule has 0 radical (unpaired) electrons. The molecule has 172 valence electrons. The Kier molecular flexibility index (Phi) is 8.11. The first-order valence-corrected chi connectivity index (χ1v) is 10.6. The molecule has 3 atom stereocenters. The molecule has 0 aliphatic carbocycles. The lowest BCUT2D eigenvalue weighted by Gasteiger charge is -2.26. The van der Waals surface area contributed by atoms with E-state index < -0.39 is 35.9 Å². The molecule has 0 saturated heterocycles. The summed E-state index contributed by atoms with van der Waals surface area (Å²) in [5.41, 5.74) is 7.22. The zero-order valence-electron chi connectivity index (χ0n) is 18.2. The van der Waals surface area contributed by atoms with Gasteiger partial charge in [0.1, 0.15) is 6.04 Å². The zero-order valence-corrected chi connectivity index (χ0v) is 18.2. The molecule has 0 saturated carbocycles. The van der Waals surface area contributed by atoms with Gasteiger partial charge in [0.15, 0.2) is 6.10 Å². The van der Waals surface area contributed by atoms with Crippen LogP contribution in [0.4, 0.5) is 0 Å². The summed E-state index contributed by atoms with van der Waals surface area (Å²) in [4.78, 5) is 37.7. The summed E-state index contributed by atoms with van der Waals surface area (Å²) in [7, 11) is 0. The highest BCUT2D eigenvalue weighted by atomic mass is 16.3. The molecule has 0 aliphatic rings. The monoisotopic (exact) mass is 456 g/mol. The van der Waals surface area contributed by atoms with Crippen LogP contribution in [0.3, 0.4) is 0 Å². The first-order valence-electron chi connectivity index (χ1n) is 10.6. The van der Waals surface area contributed by atoms with E-state index in [9.17, 15) is 24.8 Å². The Morgan fingerprint density at radius 3 is 2.09 bits per heavy atom. The number of nitrogens with zero attached hydrogens (tertiary/aromatic N) is 1. The molecule has 8 nitrogen and oxygen atoms in total. The van der Waals surface area contributed by atoms with Gasteiger partial charge >= 0.3 is 0 Å². The average Bonchev–Trinajstić information content (AvgIpc) is 2.87. The quantitative estimate of drug-likeness (QED) is 0.386. The molecule has 3 aromatic rings. The van der Waals surface area contributed by atoms with Crippen LogP contribution in [0.5, 0.6) is 0 Å². The summed E-state index contributed by atoms with van der Waals surface area (Å²) in [5.74, 6) is -2.19. The normalized spacial score (nSPS) is 13.1. The second-order valence-electron chi connectivity index (χ2n) is 7.61. The molecule has 3 aromatic carbocycles. The smallest absolute Gasteiger partial charge is 0.252 e. The number of rotatable bonds is 9. The lowest BCUT2D eigenvalue weighted by atomic mass is 9.98. The van der Waals surface area contributed by atoms with Crippen molar-refractivity contribution in [2.45, 2.75) is 24.6 Å². The van der Waals surface area contributed by atoms with Crippen LogP contribution >= 0.6 is 0 Å². The molecule has 5 N–H and O–H groups in total. The number of nitrogens with one attached hydrogen (secondary N) is 2. The van der Waals surface area contributed by atoms with Crippen molar-refractivity contribution in [2.75, 3.05) is 0 Å². The van der Waals surface area contributed by atoms with Crippen molar-refractivity contribution in [1.29, 1.82) is 5.26 Å². The maximum atomic E-state index is 13.0. The van der Waals surface area contributed by atoms with E-state index in [4.69, 9.17) is 5.73 Å². The van der Waals surface area contributed by atoms with Crippen LogP contribution in [0.2, 0.25) is 0 Å². The fourth-order valence-corrected chi connectivity index (χ4v) is 3.48. The summed E-state index contributed by atoms with van der Waals surface area (Å²) in [5, 5.41) is 25.3. The summed E-state index contributed by atoms with van der Waals surface area (Å²) in [6.45, 7) is 0. The molecule has 3 amide bonds. The average molecular weight is 457 g/mol. The number of carbonyl (C=O) groups is 3. The van der Waals surface area contributed by atoms with E-state index >= 15 is 0 Å². The van der Waals surface area contributed by atoms with Crippen molar-refractivity contribution in [2.24, 2.45) is 5.73 Å². The highest BCUT2D eigenvalue weighted by Gasteiger charge is 2.32. The minimum Gasteiger partial charge on any atom is -0.381 e. The van der Waals surface area contributed by atoms with E-state index in [1.54, 1.807) is 84.9 Å². The molecule has 0 spiro atoms. The molecule has 0 aliphatic heterocycles. The van der Waals surface area contributed by atoms with Crippen LogP contribution in [0, 0.1) is 11.3 Å². The van der Waals surface area contributed by atoms with Crippen molar-refractivity contribution < 1.29 is 19.5 Å². The van der Waals surface area contributed by atoms with Gasteiger partial charge in [0.05, 0.1) is 17.7 Å². The lowest BCUT2D eigenvalue weighted by Crippen LogP contribution is -2.52. The molecule has 0 bridgehead atoms. The van der Waals surface area contributed by atoms with Crippen molar-refractivity contribution in [3.63, 3.8) is 0 Å². The molecule has 0 fully saturated rings. The topological polar surface area (TPSA) is 145 Å². The van der Waals surface area contributed by atoms with Crippen molar-refractivity contribution >= 4 is 17.7 Å². The third kappa shape index (κ3) is 6.06. The van der Waals surface area contributed by atoms with Crippen LogP contribution in [-0.4, -0.2) is 35.0 Å².